The first kappa shape index (κ1) is 14.7. The molecule has 0 unspecified atom stereocenters. The molecule has 18 heavy (non-hydrogen) atoms. The first-order chi connectivity index (χ1) is 8.54. The van der Waals surface area contributed by atoms with Gasteiger partial charge in [0.2, 0.25) is 0 Å². The molecule has 1 heterocycles. The number of nitrogens with zero attached hydrogens (tertiary/aromatic N) is 1. The highest BCUT2D eigenvalue weighted by atomic mass is 19.4. The molecule has 0 aliphatic heterocycles. The number of alkyl halides is 3. The van der Waals surface area contributed by atoms with E-state index in [1.807, 2.05) is 0 Å². The van der Waals surface area contributed by atoms with E-state index >= 15 is 0 Å². The molecule has 0 aliphatic carbocycles. The Labute approximate surface area is 104 Å². The van der Waals surface area contributed by atoms with E-state index in [0.717, 1.165) is 18.3 Å². The Balaban J connectivity index is 2.34. The van der Waals surface area contributed by atoms with Crippen LogP contribution in [0, 0.1) is 0 Å². The van der Waals surface area contributed by atoms with Crippen molar-refractivity contribution in [3.05, 3.63) is 23.9 Å². The Kier molecular flexibility index (Phi) is 5.87. The van der Waals surface area contributed by atoms with Crippen molar-refractivity contribution in [1.29, 1.82) is 0 Å². The molecular formula is C11H16F3N3O. The highest BCUT2D eigenvalue weighted by molar-refractivity contribution is 5.38. The van der Waals surface area contributed by atoms with Crippen molar-refractivity contribution in [1.82, 2.24) is 10.3 Å². The fraction of sp³-hybridized carbons (Fsp3) is 0.545. The van der Waals surface area contributed by atoms with Gasteiger partial charge in [0.15, 0.2) is 0 Å². The van der Waals surface area contributed by atoms with Crippen LogP contribution in [0.25, 0.3) is 0 Å². The average Bonchev–Trinajstić information content (AvgIpc) is 2.33. The van der Waals surface area contributed by atoms with Gasteiger partial charge in [-0.2, -0.15) is 13.2 Å². The summed E-state index contributed by atoms with van der Waals surface area (Å²) >= 11 is 0. The lowest BCUT2D eigenvalue weighted by molar-refractivity contribution is -0.137. The van der Waals surface area contributed by atoms with Crippen molar-refractivity contribution in [3.8, 4) is 0 Å². The topological polar surface area (TPSA) is 46.2 Å². The Morgan fingerprint density at radius 2 is 2.06 bits per heavy atom. The molecule has 4 nitrogen and oxygen atoms in total. The standard InChI is InChI=1S/C11H16F3N3O/c1-18-7-6-15-4-5-17-10-8-9(2-3-16-10)11(12,13)14/h2-3,8,15H,4-7H2,1H3,(H,16,17). The lowest BCUT2D eigenvalue weighted by atomic mass is 10.2. The van der Waals surface area contributed by atoms with Gasteiger partial charge in [-0.15, -0.1) is 0 Å². The van der Waals surface area contributed by atoms with Gasteiger partial charge in [0.05, 0.1) is 12.2 Å². The minimum atomic E-state index is -4.34. The van der Waals surface area contributed by atoms with E-state index in [-0.39, 0.29) is 5.82 Å². The number of ether oxygens (including phenoxy) is 1. The molecular weight excluding hydrogens is 247 g/mol. The molecule has 0 bridgehead atoms. The zero-order chi connectivity index (χ0) is 13.4. The van der Waals surface area contributed by atoms with Gasteiger partial charge >= 0.3 is 6.18 Å². The van der Waals surface area contributed by atoms with E-state index in [1.54, 1.807) is 7.11 Å². The summed E-state index contributed by atoms with van der Waals surface area (Å²) in [7, 11) is 1.60. The SMILES string of the molecule is COCCNCCNc1cc(C(F)(F)F)ccn1. The van der Waals surface area contributed by atoms with Crippen LogP contribution in [0.5, 0.6) is 0 Å². The summed E-state index contributed by atoms with van der Waals surface area (Å²) in [6.07, 6.45) is -3.19. The third-order valence-corrected chi connectivity index (χ3v) is 2.18. The Hall–Kier alpha value is -1.34. The van der Waals surface area contributed by atoms with Crippen LogP contribution in [0.3, 0.4) is 0 Å². The monoisotopic (exact) mass is 263 g/mol. The highest BCUT2D eigenvalue weighted by Gasteiger charge is 2.30. The molecule has 1 rings (SSSR count). The fourth-order valence-electron chi connectivity index (χ4n) is 1.28. The first-order valence-corrected chi connectivity index (χ1v) is 5.51. The molecule has 1 aromatic heterocycles. The van der Waals surface area contributed by atoms with E-state index in [2.05, 4.69) is 15.6 Å². The molecule has 7 heteroatoms. The third-order valence-electron chi connectivity index (χ3n) is 2.18. The van der Waals surface area contributed by atoms with Gasteiger partial charge in [0.1, 0.15) is 5.82 Å². The molecule has 0 saturated heterocycles. The van der Waals surface area contributed by atoms with Gasteiger partial charge in [0.25, 0.3) is 0 Å². The summed E-state index contributed by atoms with van der Waals surface area (Å²) in [5.74, 6) is 0.221. The van der Waals surface area contributed by atoms with Gasteiger partial charge < -0.3 is 15.4 Å². The predicted molar refractivity (Wildman–Crippen MR) is 62.5 cm³/mol. The Morgan fingerprint density at radius 1 is 1.28 bits per heavy atom. The molecule has 0 spiro atoms. The minimum Gasteiger partial charge on any atom is -0.383 e. The van der Waals surface area contributed by atoms with E-state index < -0.39 is 11.7 Å². The molecule has 0 amide bonds. The largest absolute Gasteiger partial charge is 0.416 e. The minimum absolute atomic E-state index is 0.221. The quantitative estimate of drug-likeness (QED) is 0.736. The number of hydrogen-bond donors (Lipinski definition) is 2. The molecule has 0 radical (unpaired) electrons. The van der Waals surface area contributed by atoms with Crippen LogP contribution in [-0.4, -0.2) is 38.3 Å². The lowest BCUT2D eigenvalue weighted by Crippen LogP contribution is -2.25. The van der Waals surface area contributed by atoms with Crippen molar-refractivity contribution < 1.29 is 17.9 Å². The van der Waals surface area contributed by atoms with E-state index in [0.29, 0.717) is 26.2 Å². The average molecular weight is 263 g/mol. The van der Waals surface area contributed by atoms with Gasteiger partial charge in [0, 0.05) is 32.9 Å². The van der Waals surface area contributed by atoms with Crippen LogP contribution >= 0.6 is 0 Å². The predicted octanol–water partition coefficient (Wildman–Crippen LogP) is 1.75. The molecule has 102 valence electrons. The molecule has 0 saturated carbocycles. The van der Waals surface area contributed by atoms with Gasteiger partial charge in [-0.1, -0.05) is 0 Å². The maximum atomic E-state index is 12.4. The fourth-order valence-corrected chi connectivity index (χ4v) is 1.28. The molecule has 0 atom stereocenters. The van der Waals surface area contributed by atoms with Crippen LogP contribution in [0.2, 0.25) is 0 Å². The Bertz CT molecular complexity index is 358. The number of anilines is 1. The van der Waals surface area contributed by atoms with Gasteiger partial charge in [-0.05, 0) is 12.1 Å². The second-order valence-corrected chi connectivity index (χ2v) is 3.60. The normalized spacial score (nSPS) is 11.6. The third kappa shape index (κ3) is 5.33. The first-order valence-electron chi connectivity index (χ1n) is 5.51. The maximum absolute atomic E-state index is 12.4. The van der Waals surface area contributed by atoms with E-state index in [1.165, 1.54) is 0 Å². The smallest absolute Gasteiger partial charge is 0.383 e. The summed E-state index contributed by atoms with van der Waals surface area (Å²) in [5, 5.41) is 5.88. The molecule has 0 aliphatic rings. The van der Waals surface area contributed by atoms with Crippen molar-refractivity contribution in [2.75, 3.05) is 38.7 Å². The van der Waals surface area contributed by atoms with Crippen LogP contribution in [0.15, 0.2) is 18.3 Å². The molecule has 0 fully saturated rings. The Morgan fingerprint density at radius 3 is 2.72 bits per heavy atom. The number of halogens is 3. The molecule has 2 N–H and O–H groups in total. The van der Waals surface area contributed by atoms with Crippen LogP contribution < -0.4 is 10.6 Å². The number of pyridine rings is 1. The van der Waals surface area contributed by atoms with E-state index in [9.17, 15) is 13.2 Å². The number of nitrogens with one attached hydrogen (secondary N) is 2. The summed E-state index contributed by atoms with van der Waals surface area (Å²) in [5.41, 5.74) is -0.702. The van der Waals surface area contributed by atoms with Crippen molar-refractivity contribution in [2.45, 2.75) is 6.18 Å². The highest BCUT2D eigenvalue weighted by Crippen LogP contribution is 2.29. The van der Waals surface area contributed by atoms with Gasteiger partial charge in [-0.3, -0.25) is 0 Å². The number of aromatic nitrogens is 1. The van der Waals surface area contributed by atoms with Crippen molar-refractivity contribution in [2.24, 2.45) is 0 Å². The van der Waals surface area contributed by atoms with E-state index in [4.69, 9.17) is 4.74 Å². The van der Waals surface area contributed by atoms with Gasteiger partial charge in [-0.25, -0.2) is 4.98 Å². The van der Waals surface area contributed by atoms with Crippen molar-refractivity contribution >= 4 is 5.82 Å². The summed E-state index contributed by atoms with van der Waals surface area (Å²) in [6.45, 7) is 2.43. The second kappa shape index (κ2) is 7.17. The number of hydrogen-bond acceptors (Lipinski definition) is 4. The maximum Gasteiger partial charge on any atom is 0.416 e. The zero-order valence-corrected chi connectivity index (χ0v) is 10.0. The van der Waals surface area contributed by atoms with Crippen LogP contribution in [0.1, 0.15) is 5.56 Å². The van der Waals surface area contributed by atoms with Crippen LogP contribution in [0.4, 0.5) is 19.0 Å². The number of methoxy groups -OCH3 is 1. The summed E-state index contributed by atoms with van der Waals surface area (Å²) in [4.78, 5) is 3.82. The molecule has 0 aromatic carbocycles. The summed E-state index contributed by atoms with van der Waals surface area (Å²) in [6, 6.07) is 1.94. The zero-order valence-electron chi connectivity index (χ0n) is 10.0. The van der Waals surface area contributed by atoms with Crippen molar-refractivity contribution in [3.63, 3.8) is 0 Å². The lowest BCUT2D eigenvalue weighted by Gasteiger charge is -2.10. The number of rotatable bonds is 7. The second-order valence-electron chi connectivity index (χ2n) is 3.60. The molecule has 1 aromatic rings. The summed E-state index contributed by atoms with van der Waals surface area (Å²) < 4.78 is 42.1. The van der Waals surface area contributed by atoms with Crippen LogP contribution in [-0.2, 0) is 10.9 Å².